The average molecular weight is 281 g/mol. The smallest absolute Gasteiger partial charge is 0.243 e. The predicted molar refractivity (Wildman–Crippen MR) is 77.1 cm³/mol. The van der Waals surface area contributed by atoms with Gasteiger partial charge in [0.25, 0.3) is 0 Å². The lowest BCUT2D eigenvalue weighted by Gasteiger charge is -2.20. The topological polar surface area (TPSA) is 51.0 Å². The van der Waals surface area contributed by atoms with E-state index in [0.29, 0.717) is 0 Å². The second-order valence-electron chi connectivity index (χ2n) is 5.62. The van der Waals surface area contributed by atoms with E-state index in [4.69, 9.17) is 4.52 Å². The molecule has 1 aliphatic heterocycles. The Kier molecular flexibility index (Phi) is 4.77. The molecule has 19 heavy (non-hydrogen) atoms. The summed E-state index contributed by atoms with van der Waals surface area (Å²) in [7, 11) is 0. The minimum atomic E-state index is 0.287. The van der Waals surface area contributed by atoms with Crippen molar-refractivity contribution < 1.29 is 4.52 Å². The van der Waals surface area contributed by atoms with Gasteiger partial charge >= 0.3 is 0 Å². The molecule has 3 rings (SSSR count). The van der Waals surface area contributed by atoms with Crippen LogP contribution < -0.4 is 5.32 Å². The molecule has 0 bridgehead atoms. The summed E-state index contributed by atoms with van der Waals surface area (Å²) in [5.41, 5.74) is 0. The van der Waals surface area contributed by atoms with E-state index in [1.807, 2.05) is 11.8 Å². The molecule has 1 aromatic heterocycles. The molecular formula is C14H23N3OS. The van der Waals surface area contributed by atoms with Crippen LogP contribution in [0.5, 0.6) is 0 Å². The van der Waals surface area contributed by atoms with E-state index < -0.39 is 0 Å². The summed E-state index contributed by atoms with van der Waals surface area (Å²) in [6.45, 7) is 1.07. The van der Waals surface area contributed by atoms with Crippen molar-refractivity contribution in [2.75, 3.05) is 6.54 Å². The molecule has 1 atom stereocenters. The van der Waals surface area contributed by atoms with Gasteiger partial charge < -0.3 is 9.84 Å². The number of nitrogens with zero attached hydrogens (tertiary/aromatic N) is 2. The van der Waals surface area contributed by atoms with Crippen LogP contribution in [0.1, 0.15) is 69.1 Å². The van der Waals surface area contributed by atoms with Crippen LogP contribution in [0.2, 0.25) is 0 Å². The lowest BCUT2D eigenvalue weighted by Crippen LogP contribution is -2.26. The van der Waals surface area contributed by atoms with E-state index in [0.717, 1.165) is 35.7 Å². The van der Waals surface area contributed by atoms with Crippen molar-refractivity contribution >= 4 is 11.8 Å². The molecular weight excluding hydrogens is 258 g/mol. The standard InChI is InChI=1S/C14H23N3OS/c1-2-6-11(7-3-1)19-10-13-16-14(18-17-13)12-8-4-5-9-15-12/h11-12,15H,1-10H2/t12-/m0/s1. The third-order valence-corrected chi connectivity index (χ3v) is 5.46. The van der Waals surface area contributed by atoms with Crippen LogP contribution >= 0.6 is 11.8 Å². The SMILES string of the molecule is C1CCC(SCc2noc([C@@H]3CCCCN3)n2)CC1. The third kappa shape index (κ3) is 3.72. The summed E-state index contributed by atoms with van der Waals surface area (Å²) in [5.74, 6) is 2.57. The Morgan fingerprint density at radius 3 is 2.74 bits per heavy atom. The first-order chi connectivity index (χ1) is 9.42. The molecule has 1 saturated heterocycles. The fourth-order valence-electron chi connectivity index (χ4n) is 2.95. The van der Waals surface area contributed by atoms with Gasteiger partial charge in [0.1, 0.15) is 0 Å². The molecule has 5 heteroatoms. The second kappa shape index (κ2) is 6.75. The van der Waals surface area contributed by atoms with Crippen LogP contribution in [0.3, 0.4) is 0 Å². The maximum atomic E-state index is 5.41. The number of piperidine rings is 1. The molecule has 1 aliphatic carbocycles. The molecule has 4 nitrogen and oxygen atoms in total. The second-order valence-corrected chi connectivity index (χ2v) is 6.91. The molecule has 1 N–H and O–H groups in total. The fraction of sp³-hybridized carbons (Fsp3) is 0.857. The van der Waals surface area contributed by atoms with Gasteiger partial charge in [-0.1, -0.05) is 30.8 Å². The number of rotatable bonds is 4. The fourth-order valence-corrected chi connectivity index (χ4v) is 4.12. The number of nitrogens with one attached hydrogen (secondary N) is 1. The minimum Gasteiger partial charge on any atom is -0.338 e. The van der Waals surface area contributed by atoms with Crippen LogP contribution in [-0.4, -0.2) is 21.9 Å². The normalized spacial score (nSPS) is 25.6. The van der Waals surface area contributed by atoms with Crippen LogP contribution in [0.25, 0.3) is 0 Å². The Hall–Kier alpha value is -0.550. The van der Waals surface area contributed by atoms with E-state index >= 15 is 0 Å². The highest BCUT2D eigenvalue weighted by Gasteiger charge is 2.21. The molecule has 0 spiro atoms. The molecule has 2 aliphatic rings. The van der Waals surface area contributed by atoms with Gasteiger partial charge in [-0.05, 0) is 32.2 Å². The maximum Gasteiger partial charge on any atom is 0.243 e. The molecule has 2 heterocycles. The molecule has 0 unspecified atom stereocenters. The zero-order chi connectivity index (χ0) is 12.9. The minimum absolute atomic E-state index is 0.287. The van der Waals surface area contributed by atoms with Crippen molar-refractivity contribution in [3.63, 3.8) is 0 Å². The Morgan fingerprint density at radius 2 is 1.95 bits per heavy atom. The summed E-state index contributed by atoms with van der Waals surface area (Å²) in [5, 5.41) is 8.39. The van der Waals surface area contributed by atoms with E-state index in [1.54, 1.807) is 0 Å². The lowest BCUT2D eigenvalue weighted by molar-refractivity contribution is 0.296. The first-order valence-electron chi connectivity index (χ1n) is 7.59. The van der Waals surface area contributed by atoms with Gasteiger partial charge in [0, 0.05) is 5.25 Å². The molecule has 2 fully saturated rings. The Bertz CT molecular complexity index is 384. The van der Waals surface area contributed by atoms with Crippen LogP contribution in [0.4, 0.5) is 0 Å². The molecule has 106 valence electrons. The Labute approximate surface area is 119 Å². The summed E-state index contributed by atoms with van der Waals surface area (Å²) in [6, 6.07) is 0.287. The lowest BCUT2D eigenvalue weighted by atomic mass is 10.0. The largest absolute Gasteiger partial charge is 0.338 e. The van der Waals surface area contributed by atoms with Gasteiger partial charge in [-0.25, -0.2) is 0 Å². The zero-order valence-corrected chi connectivity index (χ0v) is 12.3. The quantitative estimate of drug-likeness (QED) is 0.916. The van der Waals surface area contributed by atoms with E-state index in [2.05, 4.69) is 15.5 Å². The maximum absolute atomic E-state index is 5.41. The number of hydrogen-bond acceptors (Lipinski definition) is 5. The van der Waals surface area contributed by atoms with Gasteiger partial charge in [-0.2, -0.15) is 16.7 Å². The van der Waals surface area contributed by atoms with Crippen molar-refractivity contribution in [1.29, 1.82) is 0 Å². The van der Waals surface area contributed by atoms with Crippen molar-refractivity contribution in [2.45, 2.75) is 68.4 Å². The van der Waals surface area contributed by atoms with E-state index in [-0.39, 0.29) is 6.04 Å². The number of hydrogen-bond donors (Lipinski definition) is 1. The van der Waals surface area contributed by atoms with E-state index in [1.165, 1.54) is 44.9 Å². The molecule has 1 saturated carbocycles. The van der Waals surface area contributed by atoms with Gasteiger partial charge in [0.15, 0.2) is 5.82 Å². The van der Waals surface area contributed by atoms with Crippen molar-refractivity contribution in [3.8, 4) is 0 Å². The van der Waals surface area contributed by atoms with Crippen molar-refractivity contribution in [2.24, 2.45) is 0 Å². The van der Waals surface area contributed by atoms with Crippen LogP contribution in [0.15, 0.2) is 4.52 Å². The summed E-state index contributed by atoms with van der Waals surface area (Å²) < 4.78 is 5.41. The van der Waals surface area contributed by atoms with Gasteiger partial charge in [-0.15, -0.1) is 0 Å². The van der Waals surface area contributed by atoms with Gasteiger partial charge in [0.05, 0.1) is 11.8 Å². The molecule has 0 amide bonds. The highest BCUT2D eigenvalue weighted by atomic mass is 32.2. The van der Waals surface area contributed by atoms with Crippen molar-refractivity contribution in [3.05, 3.63) is 11.7 Å². The number of aromatic nitrogens is 2. The van der Waals surface area contributed by atoms with Crippen LogP contribution in [-0.2, 0) is 5.75 Å². The average Bonchev–Trinajstić information content (AvgIpc) is 2.96. The molecule has 0 aromatic carbocycles. The summed E-state index contributed by atoms with van der Waals surface area (Å²) >= 11 is 2.01. The highest BCUT2D eigenvalue weighted by Crippen LogP contribution is 2.30. The van der Waals surface area contributed by atoms with E-state index in [9.17, 15) is 0 Å². The Balaban J connectivity index is 1.49. The monoisotopic (exact) mass is 281 g/mol. The molecule has 1 aromatic rings. The zero-order valence-electron chi connectivity index (χ0n) is 11.4. The number of thioether (sulfide) groups is 1. The van der Waals surface area contributed by atoms with Crippen molar-refractivity contribution in [1.82, 2.24) is 15.5 Å². The molecule has 0 radical (unpaired) electrons. The Morgan fingerprint density at radius 1 is 1.11 bits per heavy atom. The van der Waals surface area contributed by atoms with Gasteiger partial charge in [0.2, 0.25) is 5.89 Å². The first kappa shape index (κ1) is 13.4. The first-order valence-corrected chi connectivity index (χ1v) is 8.64. The predicted octanol–water partition coefficient (Wildman–Crippen LogP) is 3.45. The summed E-state index contributed by atoms with van der Waals surface area (Å²) in [4.78, 5) is 4.56. The third-order valence-electron chi connectivity index (χ3n) is 4.09. The van der Waals surface area contributed by atoms with Gasteiger partial charge in [-0.3, -0.25) is 0 Å². The highest BCUT2D eigenvalue weighted by molar-refractivity contribution is 7.99. The van der Waals surface area contributed by atoms with Crippen LogP contribution in [0, 0.1) is 0 Å². The summed E-state index contributed by atoms with van der Waals surface area (Å²) in [6.07, 6.45) is 10.6.